The van der Waals surface area contributed by atoms with E-state index >= 15 is 0 Å². The Labute approximate surface area is 126 Å². The molecular weight excluding hydrogens is 264 g/mol. The Kier molecular flexibility index (Phi) is 5.12. The fraction of sp³-hybridized carbons (Fsp3) is 0.529. The first kappa shape index (κ1) is 15.7. The van der Waals surface area contributed by atoms with Gasteiger partial charge in [-0.15, -0.1) is 0 Å². The molecule has 21 heavy (non-hydrogen) atoms. The highest BCUT2D eigenvalue weighted by Crippen LogP contribution is 2.21. The predicted molar refractivity (Wildman–Crippen MR) is 83.2 cm³/mol. The molecule has 4 nitrogen and oxygen atoms in total. The smallest absolute Gasteiger partial charge is 0.234 e. The molecule has 1 amide bonds. The average Bonchev–Trinajstić information content (AvgIpc) is 2.53. The van der Waals surface area contributed by atoms with Crippen LogP contribution in [0.4, 0.5) is 0 Å². The van der Waals surface area contributed by atoms with Crippen LogP contribution in [0.25, 0.3) is 0 Å². The van der Waals surface area contributed by atoms with Crippen molar-refractivity contribution in [3.8, 4) is 0 Å². The molecule has 0 saturated carbocycles. The molecule has 0 aromatic heterocycles. The van der Waals surface area contributed by atoms with Crippen LogP contribution >= 0.6 is 0 Å². The number of piperidine rings is 1. The third-order valence-corrected chi connectivity index (χ3v) is 4.40. The summed E-state index contributed by atoms with van der Waals surface area (Å²) in [6, 6.07) is 7.11. The standard InChI is InChI=1S/C17H24N2O2/c1-3-13-7-9-14(10-8-13)16(20)12(2)19-11-5-4-6-15(19)17(18)21/h7-10,12,15H,3-6,11H2,1-2H3,(H2,18,21). The molecule has 114 valence electrons. The van der Waals surface area contributed by atoms with Crippen LogP contribution in [0.2, 0.25) is 0 Å². The number of carbonyl (C=O) groups is 2. The number of likely N-dealkylation sites (tertiary alicyclic amines) is 1. The Morgan fingerprint density at radius 1 is 1.29 bits per heavy atom. The number of hydrogen-bond donors (Lipinski definition) is 1. The number of primary amides is 1. The Morgan fingerprint density at radius 2 is 1.95 bits per heavy atom. The topological polar surface area (TPSA) is 63.4 Å². The second kappa shape index (κ2) is 6.85. The van der Waals surface area contributed by atoms with Crippen LogP contribution in [0.3, 0.4) is 0 Å². The van der Waals surface area contributed by atoms with Crippen molar-refractivity contribution in [2.24, 2.45) is 5.73 Å². The summed E-state index contributed by atoms with van der Waals surface area (Å²) in [5.41, 5.74) is 7.40. The molecule has 1 aromatic rings. The van der Waals surface area contributed by atoms with E-state index < -0.39 is 0 Å². The van der Waals surface area contributed by atoms with Crippen molar-refractivity contribution in [2.75, 3.05) is 6.54 Å². The average molecular weight is 288 g/mol. The molecule has 0 aliphatic carbocycles. The number of aryl methyl sites for hydroxylation is 1. The highest BCUT2D eigenvalue weighted by Gasteiger charge is 2.33. The van der Waals surface area contributed by atoms with Crippen molar-refractivity contribution in [3.63, 3.8) is 0 Å². The van der Waals surface area contributed by atoms with E-state index in [0.29, 0.717) is 5.56 Å². The first-order valence-corrected chi connectivity index (χ1v) is 7.72. The van der Waals surface area contributed by atoms with Gasteiger partial charge in [0.05, 0.1) is 12.1 Å². The molecule has 0 bridgehead atoms. The van der Waals surface area contributed by atoms with Crippen LogP contribution in [-0.2, 0) is 11.2 Å². The quantitative estimate of drug-likeness (QED) is 0.844. The largest absolute Gasteiger partial charge is 0.368 e. The molecule has 1 aliphatic heterocycles. The number of hydrogen-bond acceptors (Lipinski definition) is 3. The normalized spacial score (nSPS) is 21.0. The molecule has 2 rings (SSSR count). The third-order valence-electron chi connectivity index (χ3n) is 4.40. The van der Waals surface area contributed by atoms with Gasteiger partial charge in [-0.3, -0.25) is 14.5 Å². The maximum atomic E-state index is 12.6. The Balaban J connectivity index is 2.14. The highest BCUT2D eigenvalue weighted by molar-refractivity contribution is 6.00. The molecule has 4 heteroatoms. The van der Waals surface area contributed by atoms with Crippen LogP contribution in [0.1, 0.15) is 49.0 Å². The van der Waals surface area contributed by atoms with E-state index in [9.17, 15) is 9.59 Å². The summed E-state index contributed by atoms with van der Waals surface area (Å²) in [6.07, 6.45) is 3.72. The van der Waals surface area contributed by atoms with E-state index in [2.05, 4.69) is 6.92 Å². The summed E-state index contributed by atoms with van der Waals surface area (Å²) in [5, 5.41) is 0. The number of rotatable bonds is 5. The molecule has 1 heterocycles. The van der Waals surface area contributed by atoms with Gasteiger partial charge in [0.1, 0.15) is 0 Å². The maximum absolute atomic E-state index is 12.6. The summed E-state index contributed by atoms with van der Waals surface area (Å²) in [5.74, 6) is -0.263. The number of amides is 1. The lowest BCUT2D eigenvalue weighted by Gasteiger charge is -2.37. The van der Waals surface area contributed by atoms with Crippen molar-refractivity contribution in [3.05, 3.63) is 35.4 Å². The molecule has 0 spiro atoms. The van der Waals surface area contributed by atoms with Crippen LogP contribution in [-0.4, -0.2) is 35.2 Å². The summed E-state index contributed by atoms with van der Waals surface area (Å²) >= 11 is 0. The van der Waals surface area contributed by atoms with E-state index in [0.717, 1.165) is 32.2 Å². The molecule has 2 atom stereocenters. The van der Waals surface area contributed by atoms with E-state index in [1.807, 2.05) is 36.1 Å². The van der Waals surface area contributed by atoms with Gasteiger partial charge < -0.3 is 5.73 Å². The van der Waals surface area contributed by atoms with Crippen molar-refractivity contribution in [1.29, 1.82) is 0 Å². The van der Waals surface area contributed by atoms with Gasteiger partial charge >= 0.3 is 0 Å². The SMILES string of the molecule is CCc1ccc(C(=O)C(C)N2CCCCC2C(N)=O)cc1. The summed E-state index contributed by atoms with van der Waals surface area (Å²) in [7, 11) is 0. The zero-order valence-corrected chi connectivity index (χ0v) is 12.8. The molecule has 1 fully saturated rings. The number of nitrogens with two attached hydrogens (primary N) is 1. The van der Waals surface area contributed by atoms with E-state index in [-0.39, 0.29) is 23.8 Å². The number of Topliss-reactive ketones (excluding diaryl/α,β-unsaturated/α-hetero) is 1. The minimum Gasteiger partial charge on any atom is -0.368 e. The zero-order chi connectivity index (χ0) is 15.4. The van der Waals surface area contributed by atoms with E-state index in [4.69, 9.17) is 5.73 Å². The lowest BCUT2D eigenvalue weighted by Crippen LogP contribution is -2.53. The van der Waals surface area contributed by atoms with Gasteiger partial charge in [-0.1, -0.05) is 37.6 Å². The number of carbonyl (C=O) groups excluding carboxylic acids is 2. The monoisotopic (exact) mass is 288 g/mol. The van der Waals surface area contributed by atoms with Crippen molar-refractivity contribution in [2.45, 2.75) is 51.6 Å². The first-order chi connectivity index (χ1) is 10.0. The van der Waals surface area contributed by atoms with Crippen molar-refractivity contribution >= 4 is 11.7 Å². The van der Waals surface area contributed by atoms with E-state index in [1.165, 1.54) is 5.56 Å². The molecule has 1 saturated heterocycles. The second-order valence-electron chi connectivity index (χ2n) is 5.74. The molecule has 1 aliphatic rings. The van der Waals surface area contributed by atoms with Crippen molar-refractivity contribution < 1.29 is 9.59 Å². The van der Waals surface area contributed by atoms with Crippen molar-refractivity contribution in [1.82, 2.24) is 4.90 Å². The van der Waals surface area contributed by atoms with Crippen LogP contribution in [0.5, 0.6) is 0 Å². The molecule has 2 unspecified atom stereocenters. The third kappa shape index (κ3) is 3.50. The molecule has 2 N–H and O–H groups in total. The zero-order valence-electron chi connectivity index (χ0n) is 12.8. The van der Waals surface area contributed by atoms with Gasteiger partial charge in [0.2, 0.25) is 5.91 Å². The Morgan fingerprint density at radius 3 is 2.52 bits per heavy atom. The molecule has 1 aromatic carbocycles. The van der Waals surface area contributed by atoms with Crippen LogP contribution in [0, 0.1) is 0 Å². The van der Waals surface area contributed by atoms with Gasteiger partial charge in [-0.05, 0) is 38.3 Å². The van der Waals surface area contributed by atoms with E-state index in [1.54, 1.807) is 0 Å². The fourth-order valence-corrected chi connectivity index (χ4v) is 3.02. The lowest BCUT2D eigenvalue weighted by atomic mass is 9.95. The Hall–Kier alpha value is -1.68. The van der Waals surface area contributed by atoms with Gasteiger partial charge in [-0.25, -0.2) is 0 Å². The summed E-state index contributed by atoms with van der Waals surface area (Å²) in [6.45, 7) is 4.72. The fourth-order valence-electron chi connectivity index (χ4n) is 3.02. The second-order valence-corrected chi connectivity index (χ2v) is 5.74. The van der Waals surface area contributed by atoms with Gasteiger partial charge in [0.15, 0.2) is 5.78 Å². The summed E-state index contributed by atoms with van der Waals surface area (Å²) < 4.78 is 0. The first-order valence-electron chi connectivity index (χ1n) is 7.72. The number of benzene rings is 1. The number of nitrogens with zero attached hydrogens (tertiary/aromatic N) is 1. The summed E-state index contributed by atoms with van der Waals surface area (Å²) in [4.78, 5) is 26.2. The Bertz CT molecular complexity index is 510. The van der Waals surface area contributed by atoms with Gasteiger partial charge in [0.25, 0.3) is 0 Å². The van der Waals surface area contributed by atoms with Crippen LogP contribution < -0.4 is 5.73 Å². The maximum Gasteiger partial charge on any atom is 0.234 e. The van der Waals surface area contributed by atoms with Crippen LogP contribution in [0.15, 0.2) is 24.3 Å². The molecule has 0 radical (unpaired) electrons. The van der Waals surface area contributed by atoms with Gasteiger partial charge in [-0.2, -0.15) is 0 Å². The predicted octanol–water partition coefficient (Wildman–Crippen LogP) is 2.16. The lowest BCUT2D eigenvalue weighted by molar-refractivity contribution is -0.124. The minimum absolute atomic E-state index is 0.0609. The van der Waals surface area contributed by atoms with Gasteiger partial charge in [0, 0.05) is 5.56 Å². The molecular formula is C17H24N2O2. The number of ketones is 1. The highest BCUT2D eigenvalue weighted by atomic mass is 16.1. The minimum atomic E-state index is -0.323.